The van der Waals surface area contributed by atoms with Gasteiger partial charge in [0, 0.05) is 18.7 Å². The van der Waals surface area contributed by atoms with E-state index in [1.807, 2.05) is 0 Å². The van der Waals surface area contributed by atoms with Crippen LogP contribution in [0.3, 0.4) is 0 Å². The van der Waals surface area contributed by atoms with Gasteiger partial charge in [0.05, 0.1) is 19.3 Å². The summed E-state index contributed by atoms with van der Waals surface area (Å²) in [5.74, 6) is 0.558. The van der Waals surface area contributed by atoms with E-state index < -0.39 is 0 Å². The van der Waals surface area contributed by atoms with Crippen molar-refractivity contribution in [3.05, 3.63) is 41.8 Å². The Bertz CT molecular complexity index is 696. The van der Waals surface area contributed by atoms with Crippen molar-refractivity contribution in [2.45, 2.75) is 18.9 Å². The summed E-state index contributed by atoms with van der Waals surface area (Å²) < 4.78 is 24.3. The Labute approximate surface area is 144 Å². The maximum Gasteiger partial charge on any atom is 0.256 e. The quantitative estimate of drug-likeness (QED) is 0.738. The summed E-state index contributed by atoms with van der Waals surface area (Å²) in [4.78, 5) is 12.0. The van der Waals surface area contributed by atoms with Crippen LogP contribution in [0.15, 0.2) is 30.5 Å². The Kier molecular flexibility index (Phi) is 5.49. The van der Waals surface area contributed by atoms with Crippen LogP contribution in [0, 0.1) is 11.7 Å². The topological polar surface area (TPSA) is 102 Å². The number of carbonyl (C=O) groups is 1. The number of nitrogens with zero attached hydrogens (tertiary/aromatic N) is 1. The fourth-order valence-corrected chi connectivity index (χ4v) is 2.68. The molecule has 1 aliphatic rings. The van der Waals surface area contributed by atoms with Gasteiger partial charge in [0.1, 0.15) is 17.1 Å². The predicted octanol–water partition coefficient (Wildman–Crippen LogP) is 1.73. The van der Waals surface area contributed by atoms with Crippen LogP contribution < -0.4 is 15.8 Å². The number of aromatic nitrogens is 2. The summed E-state index contributed by atoms with van der Waals surface area (Å²) in [7, 11) is 0. The lowest BCUT2D eigenvalue weighted by atomic mass is 9.99. The predicted molar refractivity (Wildman–Crippen MR) is 89.7 cm³/mol. The number of halogens is 1. The molecular weight excluding hydrogens is 327 g/mol. The summed E-state index contributed by atoms with van der Waals surface area (Å²) >= 11 is 0. The molecule has 3 rings (SSSR count). The first-order valence-corrected chi connectivity index (χ1v) is 8.19. The third-order valence-electron chi connectivity index (χ3n) is 4.17. The van der Waals surface area contributed by atoms with Gasteiger partial charge in [-0.3, -0.25) is 9.89 Å². The number of benzene rings is 1. The van der Waals surface area contributed by atoms with Gasteiger partial charge >= 0.3 is 0 Å². The maximum atomic E-state index is 12.8. The molecule has 2 atom stereocenters. The van der Waals surface area contributed by atoms with E-state index >= 15 is 0 Å². The molecule has 1 aromatic carbocycles. The van der Waals surface area contributed by atoms with E-state index in [2.05, 4.69) is 15.5 Å². The van der Waals surface area contributed by atoms with Gasteiger partial charge < -0.3 is 20.5 Å². The molecule has 0 bridgehead atoms. The molecule has 2 heterocycles. The van der Waals surface area contributed by atoms with Crippen molar-refractivity contribution >= 4 is 11.7 Å². The number of anilines is 1. The Hall–Kier alpha value is -2.61. The van der Waals surface area contributed by atoms with Crippen molar-refractivity contribution in [2.75, 3.05) is 25.5 Å². The van der Waals surface area contributed by atoms with E-state index in [-0.39, 0.29) is 29.6 Å². The Balaban J connectivity index is 1.36. The molecule has 1 aliphatic heterocycles. The molecule has 2 aromatic rings. The van der Waals surface area contributed by atoms with Gasteiger partial charge in [-0.25, -0.2) is 4.39 Å². The monoisotopic (exact) mass is 348 g/mol. The Morgan fingerprint density at radius 3 is 2.84 bits per heavy atom. The van der Waals surface area contributed by atoms with Crippen LogP contribution in [0.2, 0.25) is 0 Å². The standard InChI is InChI=1S/C17H21FN4O3/c18-12-2-5-13(6-3-12)24-9-11-1-4-14(25-10-11)7-20-17(23)15-8-21-22-16(15)19/h2-3,5-6,8,11,14H,1,4,7,9-10H2,(H,20,23)(H3,19,21,22)/t11-,14+/m0/s1. The summed E-state index contributed by atoms with van der Waals surface area (Å²) in [5, 5.41) is 9.07. The van der Waals surface area contributed by atoms with Crippen molar-refractivity contribution in [3.8, 4) is 5.75 Å². The molecular formula is C17H21FN4O3. The first-order valence-electron chi connectivity index (χ1n) is 8.19. The molecule has 25 heavy (non-hydrogen) atoms. The fourth-order valence-electron chi connectivity index (χ4n) is 2.68. The number of H-pyrrole nitrogens is 1. The Morgan fingerprint density at radius 2 is 2.20 bits per heavy atom. The lowest BCUT2D eigenvalue weighted by Gasteiger charge is -2.29. The largest absolute Gasteiger partial charge is 0.493 e. The fraction of sp³-hybridized carbons (Fsp3) is 0.412. The van der Waals surface area contributed by atoms with Crippen LogP contribution >= 0.6 is 0 Å². The van der Waals surface area contributed by atoms with Crippen molar-refractivity contribution in [1.29, 1.82) is 0 Å². The third kappa shape index (κ3) is 4.69. The van der Waals surface area contributed by atoms with Gasteiger partial charge in [0.2, 0.25) is 0 Å². The molecule has 4 N–H and O–H groups in total. The van der Waals surface area contributed by atoms with Crippen molar-refractivity contribution in [1.82, 2.24) is 15.5 Å². The minimum atomic E-state index is -0.282. The van der Waals surface area contributed by atoms with Gasteiger partial charge in [-0.05, 0) is 37.1 Å². The molecule has 0 spiro atoms. The molecule has 0 saturated carbocycles. The second-order valence-electron chi connectivity index (χ2n) is 6.06. The minimum absolute atomic E-state index is 0.0286. The van der Waals surface area contributed by atoms with Crippen LogP contribution in [0.1, 0.15) is 23.2 Å². The number of rotatable bonds is 6. The number of amides is 1. The van der Waals surface area contributed by atoms with Crippen LogP contribution in [0.4, 0.5) is 10.2 Å². The van der Waals surface area contributed by atoms with Crippen LogP contribution in [-0.4, -0.2) is 42.0 Å². The van der Waals surface area contributed by atoms with E-state index in [1.165, 1.54) is 18.3 Å². The molecule has 1 fully saturated rings. The zero-order valence-electron chi connectivity index (χ0n) is 13.7. The van der Waals surface area contributed by atoms with Gasteiger partial charge in [-0.15, -0.1) is 0 Å². The summed E-state index contributed by atoms with van der Waals surface area (Å²) in [6.45, 7) is 1.51. The number of hydrogen-bond acceptors (Lipinski definition) is 5. The number of nitrogens with one attached hydrogen (secondary N) is 2. The molecule has 1 amide bonds. The van der Waals surface area contributed by atoms with Gasteiger partial charge in [0.15, 0.2) is 5.82 Å². The number of carbonyl (C=O) groups excluding carboxylic acids is 1. The van der Waals surface area contributed by atoms with Crippen LogP contribution in [0.25, 0.3) is 0 Å². The van der Waals surface area contributed by atoms with Gasteiger partial charge in [-0.1, -0.05) is 0 Å². The first kappa shape index (κ1) is 17.2. The van der Waals surface area contributed by atoms with Crippen molar-refractivity contribution in [3.63, 3.8) is 0 Å². The molecule has 8 heteroatoms. The SMILES string of the molecule is Nc1n[nH]cc1C(=O)NC[C@H]1CC[C@@H](COc2ccc(F)cc2)CO1. The average molecular weight is 348 g/mol. The summed E-state index contributed by atoms with van der Waals surface area (Å²) in [6.07, 6.45) is 3.21. The highest BCUT2D eigenvalue weighted by Gasteiger charge is 2.23. The summed E-state index contributed by atoms with van der Waals surface area (Å²) in [5.41, 5.74) is 5.92. The van der Waals surface area contributed by atoms with Crippen LogP contribution in [0.5, 0.6) is 5.75 Å². The van der Waals surface area contributed by atoms with E-state index in [0.717, 1.165) is 12.8 Å². The number of nitrogen functional groups attached to an aromatic ring is 1. The summed E-state index contributed by atoms with van der Waals surface area (Å²) in [6, 6.07) is 5.97. The van der Waals surface area contributed by atoms with E-state index in [0.29, 0.717) is 31.1 Å². The van der Waals surface area contributed by atoms with Crippen molar-refractivity contribution in [2.24, 2.45) is 5.92 Å². The van der Waals surface area contributed by atoms with Gasteiger partial charge in [-0.2, -0.15) is 5.10 Å². The highest BCUT2D eigenvalue weighted by molar-refractivity contribution is 5.98. The molecule has 1 saturated heterocycles. The maximum absolute atomic E-state index is 12.8. The normalized spacial score (nSPS) is 20.2. The van der Waals surface area contributed by atoms with E-state index in [4.69, 9.17) is 15.2 Å². The zero-order chi connectivity index (χ0) is 17.6. The lowest BCUT2D eigenvalue weighted by molar-refractivity contribution is -0.0251. The second-order valence-corrected chi connectivity index (χ2v) is 6.06. The molecule has 0 aliphatic carbocycles. The highest BCUT2D eigenvalue weighted by Crippen LogP contribution is 2.21. The number of aromatic amines is 1. The third-order valence-corrected chi connectivity index (χ3v) is 4.17. The first-order chi connectivity index (χ1) is 12.1. The molecule has 1 aromatic heterocycles. The zero-order valence-corrected chi connectivity index (χ0v) is 13.7. The number of ether oxygens (including phenoxy) is 2. The molecule has 0 unspecified atom stereocenters. The van der Waals surface area contributed by atoms with Crippen LogP contribution in [-0.2, 0) is 4.74 Å². The average Bonchev–Trinajstić information content (AvgIpc) is 3.06. The van der Waals surface area contributed by atoms with Crippen molar-refractivity contribution < 1.29 is 18.7 Å². The number of nitrogens with two attached hydrogens (primary N) is 1. The molecule has 0 radical (unpaired) electrons. The van der Waals surface area contributed by atoms with E-state index in [1.54, 1.807) is 12.1 Å². The number of hydrogen-bond donors (Lipinski definition) is 3. The lowest BCUT2D eigenvalue weighted by Crippen LogP contribution is -2.38. The highest BCUT2D eigenvalue weighted by atomic mass is 19.1. The minimum Gasteiger partial charge on any atom is -0.493 e. The molecule has 134 valence electrons. The van der Waals surface area contributed by atoms with Gasteiger partial charge in [0.25, 0.3) is 5.91 Å². The second kappa shape index (κ2) is 7.98. The smallest absolute Gasteiger partial charge is 0.256 e. The Morgan fingerprint density at radius 1 is 1.40 bits per heavy atom. The van der Waals surface area contributed by atoms with E-state index in [9.17, 15) is 9.18 Å². The molecule has 7 nitrogen and oxygen atoms in total.